The first-order chi connectivity index (χ1) is 9.34. The molecule has 2 aliphatic heterocycles. The van der Waals surface area contributed by atoms with Crippen LogP contribution in [-0.4, -0.2) is 38.8 Å². The monoisotopic (exact) mass is 259 g/mol. The van der Waals surface area contributed by atoms with Crippen LogP contribution in [0.25, 0.3) is 0 Å². The predicted molar refractivity (Wildman–Crippen MR) is 82.2 cm³/mol. The number of hydrogen-bond acceptors (Lipinski definition) is 3. The third kappa shape index (κ3) is 2.86. The first kappa shape index (κ1) is 12.8. The summed E-state index contributed by atoms with van der Waals surface area (Å²) in [5, 5.41) is 3.50. The topological polar surface area (TPSA) is 18.5 Å². The SMILES string of the molecule is CC1CNCCCN1c1ccc(N2CCCC2)cc1. The van der Waals surface area contributed by atoms with Gasteiger partial charge in [-0.2, -0.15) is 0 Å². The Hall–Kier alpha value is -1.22. The normalized spacial score (nSPS) is 24.6. The maximum Gasteiger partial charge on any atom is 0.0386 e. The van der Waals surface area contributed by atoms with Gasteiger partial charge in [0.1, 0.15) is 0 Å². The van der Waals surface area contributed by atoms with Crippen molar-refractivity contribution in [2.24, 2.45) is 0 Å². The average molecular weight is 259 g/mol. The van der Waals surface area contributed by atoms with E-state index in [0.717, 1.165) is 19.6 Å². The van der Waals surface area contributed by atoms with Crippen molar-refractivity contribution in [3.63, 3.8) is 0 Å². The van der Waals surface area contributed by atoms with Crippen molar-refractivity contribution >= 4 is 11.4 Å². The fourth-order valence-corrected chi connectivity index (χ4v) is 3.23. The standard InChI is InChI=1S/C16H25N3/c1-14-13-17-9-4-12-19(14)16-7-5-15(6-8-16)18-10-2-3-11-18/h5-8,14,17H,2-4,9-13H2,1H3. The third-order valence-electron chi connectivity index (χ3n) is 4.38. The lowest BCUT2D eigenvalue weighted by Gasteiger charge is -2.29. The molecule has 2 fully saturated rings. The van der Waals surface area contributed by atoms with Crippen molar-refractivity contribution in [3.05, 3.63) is 24.3 Å². The van der Waals surface area contributed by atoms with Crippen LogP contribution in [0.3, 0.4) is 0 Å². The van der Waals surface area contributed by atoms with Crippen molar-refractivity contribution < 1.29 is 0 Å². The van der Waals surface area contributed by atoms with Crippen molar-refractivity contribution in [3.8, 4) is 0 Å². The highest BCUT2D eigenvalue weighted by Gasteiger charge is 2.17. The minimum Gasteiger partial charge on any atom is -0.372 e. The van der Waals surface area contributed by atoms with Gasteiger partial charge in [-0.1, -0.05) is 0 Å². The molecule has 1 aromatic rings. The number of hydrogen-bond donors (Lipinski definition) is 1. The highest BCUT2D eigenvalue weighted by Crippen LogP contribution is 2.25. The lowest BCUT2D eigenvalue weighted by Crippen LogP contribution is -2.37. The van der Waals surface area contributed by atoms with Crippen molar-refractivity contribution in [2.45, 2.75) is 32.2 Å². The van der Waals surface area contributed by atoms with Crippen molar-refractivity contribution in [2.75, 3.05) is 42.5 Å². The second-order valence-electron chi connectivity index (χ2n) is 5.81. The van der Waals surface area contributed by atoms with E-state index >= 15 is 0 Å². The van der Waals surface area contributed by atoms with Gasteiger partial charge in [-0.15, -0.1) is 0 Å². The van der Waals surface area contributed by atoms with E-state index in [0.29, 0.717) is 6.04 Å². The predicted octanol–water partition coefficient (Wildman–Crippen LogP) is 2.48. The van der Waals surface area contributed by atoms with Crippen LogP contribution in [-0.2, 0) is 0 Å². The van der Waals surface area contributed by atoms with Crippen LogP contribution in [0.5, 0.6) is 0 Å². The van der Waals surface area contributed by atoms with Gasteiger partial charge in [-0.3, -0.25) is 0 Å². The molecule has 19 heavy (non-hydrogen) atoms. The summed E-state index contributed by atoms with van der Waals surface area (Å²) >= 11 is 0. The van der Waals surface area contributed by atoms with Crippen LogP contribution >= 0.6 is 0 Å². The zero-order valence-corrected chi connectivity index (χ0v) is 11.9. The zero-order chi connectivity index (χ0) is 13.1. The molecule has 1 unspecified atom stereocenters. The minimum atomic E-state index is 0.583. The van der Waals surface area contributed by atoms with Crippen LogP contribution in [0, 0.1) is 0 Å². The summed E-state index contributed by atoms with van der Waals surface area (Å²) in [7, 11) is 0. The number of rotatable bonds is 2. The largest absolute Gasteiger partial charge is 0.372 e. The first-order valence-corrected chi connectivity index (χ1v) is 7.67. The van der Waals surface area contributed by atoms with Gasteiger partial charge < -0.3 is 15.1 Å². The van der Waals surface area contributed by atoms with E-state index in [9.17, 15) is 0 Å². The van der Waals surface area contributed by atoms with Crippen LogP contribution in [0.1, 0.15) is 26.2 Å². The fourth-order valence-electron chi connectivity index (χ4n) is 3.23. The highest BCUT2D eigenvalue weighted by molar-refractivity contribution is 5.57. The van der Waals surface area contributed by atoms with Gasteiger partial charge in [-0.05, 0) is 57.0 Å². The fraction of sp³-hybridized carbons (Fsp3) is 0.625. The van der Waals surface area contributed by atoms with Crippen LogP contribution in [0.4, 0.5) is 11.4 Å². The summed E-state index contributed by atoms with van der Waals surface area (Å²) in [6.45, 7) is 8.16. The van der Waals surface area contributed by atoms with Crippen LogP contribution in [0.2, 0.25) is 0 Å². The highest BCUT2D eigenvalue weighted by atomic mass is 15.2. The molecule has 0 bridgehead atoms. The van der Waals surface area contributed by atoms with Crippen LogP contribution < -0.4 is 15.1 Å². The summed E-state index contributed by atoms with van der Waals surface area (Å²) in [6, 6.07) is 9.78. The molecule has 3 heteroatoms. The van der Waals surface area contributed by atoms with Gasteiger partial charge >= 0.3 is 0 Å². The number of nitrogens with zero attached hydrogens (tertiary/aromatic N) is 2. The second-order valence-corrected chi connectivity index (χ2v) is 5.81. The Morgan fingerprint density at radius 1 is 0.947 bits per heavy atom. The van der Waals surface area contributed by atoms with Crippen molar-refractivity contribution in [1.82, 2.24) is 5.32 Å². The van der Waals surface area contributed by atoms with E-state index in [2.05, 4.69) is 46.3 Å². The molecule has 1 N–H and O–H groups in total. The molecule has 2 saturated heterocycles. The second kappa shape index (κ2) is 5.83. The third-order valence-corrected chi connectivity index (χ3v) is 4.38. The Morgan fingerprint density at radius 3 is 2.37 bits per heavy atom. The first-order valence-electron chi connectivity index (χ1n) is 7.67. The Kier molecular flexibility index (Phi) is 3.92. The van der Waals surface area contributed by atoms with Gasteiger partial charge in [-0.25, -0.2) is 0 Å². The molecule has 3 rings (SSSR count). The van der Waals surface area contributed by atoms with E-state index in [-0.39, 0.29) is 0 Å². The molecule has 0 amide bonds. The van der Waals surface area contributed by atoms with Crippen molar-refractivity contribution in [1.29, 1.82) is 0 Å². The molecule has 0 aliphatic carbocycles. The number of nitrogens with one attached hydrogen (secondary N) is 1. The summed E-state index contributed by atoms with van der Waals surface area (Å²) in [5.41, 5.74) is 2.76. The Balaban J connectivity index is 1.73. The molecular weight excluding hydrogens is 234 g/mol. The van der Waals surface area contributed by atoms with E-state index < -0.39 is 0 Å². The number of benzene rings is 1. The molecule has 0 aromatic heterocycles. The lowest BCUT2D eigenvalue weighted by molar-refractivity contribution is 0.630. The van der Waals surface area contributed by atoms with Gasteiger partial charge in [0.15, 0.2) is 0 Å². The van der Waals surface area contributed by atoms with E-state index in [4.69, 9.17) is 0 Å². The molecule has 3 nitrogen and oxygen atoms in total. The molecule has 2 aliphatic rings. The van der Waals surface area contributed by atoms with E-state index in [1.54, 1.807) is 0 Å². The summed E-state index contributed by atoms with van der Waals surface area (Å²) in [4.78, 5) is 5.03. The molecule has 0 saturated carbocycles. The van der Waals surface area contributed by atoms with Gasteiger partial charge in [0.05, 0.1) is 0 Å². The minimum absolute atomic E-state index is 0.583. The van der Waals surface area contributed by atoms with E-state index in [1.165, 1.54) is 43.7 Å². The lowest BCUT2D eigenvalue weighted by atomic mass is 10.2. The molecule has 0 spiro atoms. The summed E-state index contributed by atoms with van der Waals surface area (Å²) in [5.74, 6) is 0. The maximum atomic E-state index is 3.50. The van der Waals surface area contributed by atoms with Gasteiger partial charge in [0.25, 0.3) is 0 Å². The molecule has 104 valence electrons. The Labute approximate surface area is 116 Å². The summed E-state index contributed by atoms with van der Waals surface area (Å²) < 4.78 is 0. The molecule has 2 heterocycles. The average Bonchev–Trinajstić information content (AvgIpc) is 2.89. The molecule has 1 aromatic carbocycles. The van der Waals surface area contributed by atoms with Gasteiger partial charge in [0, 0.05) is 43.6 Å². The Morgan fingerprint density at radius 2 is 1.63 bits per heavy atom. The Bertz CT molecular complexity index is 395. The molecular formula is C16H25N3. The number of anilines is 2. The molecule has 1 atom stereocenters. The zero-order valence-electron chi connectivity index (χ0n) is 11.9. The summed E-state index contributed by atoms with van der Waals surface area (Å²) in [6.07, 6.45) is 3.92. The molecule has 0 radical (unpaired) electrons. The van der Waals surface area contributed by atoms with E-state index in [1.807, 2.05) is 0 Å². The quantitative estimate of drug-likeness (QED) is 0.880. The van der Waals surface area contributed by atoms with Gasteiger partial charge in [0.2, 0.25) is 0 Å². The smallest absolute Gasteiger partial charge is 0.0386 e. The van der Waals surface area contributed by atoms with Crippen LogP contribution in [0.15, 0.2) is 24.3 Å². The maximum absolute atomic E-state index is 3.50.